The Morgan fingerprint density at radius 3 is 2.65 bits per heavy atom. The molecule has 0 aliphatic rings. The number of nitrogens with one attached hydrogen (secondary N) is 1. The zero-order valence-corrected chi connectivity index (χ0v) is 10.8. The molecule has 1 aromatic heterocycles. The lowest BCUT2D eigenvalue weighted by molar-refractivity contribution is -0.142. The number of carboxylic acids is 1. The number of amides is 1. The second kappa shape index (κ2) is 6.39. The van der Waals surface area contributed by atoms with E-state index in [1.54, 1.807) is 12.1 Å². The fraction of sp³-hybridized carbons (Fsp3) is 0.500. The summed E-state index contributed by atoms with van der Waals surface area (Å²) in [4.78, 5) is 23.2. The minimum absolute atomic E-state index is 0.185. The third-order valence-electron chi connectivity index (χ3n) is 2.36. The van der Waals surface area contributed by atoms with Crippen LogP contribution >= 0.6 is 11.3 Å². The zero-order chi connectivity index (χ0) is 12.8. The molecule has 1 heterocycles. The lowest BCUT2D eigenvalue weighted by Crippen LogP contribution is -2.33. The topological polar surface area (TPSA) is 66.4 Å². The third-order valence-corrected chi connectivity index (χ3v) is 3.23. The molecule has 0 aliphatic heterocycles. The minimum atomic E-state index is -0.856. The number of carbonyl (C=O) groups excluding carboxylic acids is 1. The summed E-state index contributed by atoms with van der Waals surface area (Å²) in [6.07, 6.45) is 0.569. The quantitative estimate of drug-likeness (QED) is 0.819. The lowest BCUT2D eigenvalue weighted by atomic mass is 9.97. The summed E-state index contributed by atoms with van der Waals surface area (Å²) in [5.41, 5.74) is 0. The van der Waals surface area contributed by atoms with Gasteiger partial charge in [-0.15, -0.1) is 11.3 Å². The monoisotopic (exact) mass is 255 g/mol. The molecular weight excluding hydrogens is 238 g/mol. The summed E-state index contributed by atoms with van der Waals surface area (Å²) < 4.78 is 0. The van der Waals surface area contributed by atoms with Gasteiger partial charge in [-0.1, -0.05) is 19.9 Å². The maximum atomic E-state index is 11.6. The maximum absolute atomic E-state index is 11.6. The predicted octanol–water partition coefficient (Wildman–Crippen LogP) is 2.22. The van der Waals surface area contributed by atoms with E-state index in [-0.39, 0.29) is 12.5 Å². The molecule has 2 N–H and O–H groups in total. The fourth-order valence-corrected chi connectivity index (χ4v) is 2.19. The predicted molar refractivity (Wildman–Crippen MR) is 67.2 cm³/mol. The minimum Gasteiger partial charge on any atom is -0.481 e. The van der Waals surface area contributed by atoms with Gasteiger partial charge in [0.2, 0.25) is 0 Å². The molecule has 0 fully saturated rings. The molecule has 1 rings (SSSR count). The van der Waals surface area contributed by atoms with Gasteiger partial charge >= 0.3 is 5.97 Å². The van der Waals surface area contributed by atoms with Crippen LogP contribution in [0.4, 0.5) is 0 Å². The molecule has 0 saturated heterocycles. The van der Waals surface area contributed by atoms with Crippen LogP contribution in [0.1, 0.15) is 29.9 Å². The summed E-state index contributed by atoms with van der Waals surface area (Å²) in [6.45, 7) is 4.12. The van der Waals surface area contributed by atoms with Crippen molar-refractivity contribution in [2.24, 2.45) is 11.8 Å². The largest absolute Gasteiger partial charge is 0.481 e. The first-order valence-corrected chi connectivity index (χ1v) is 6.43. The smallest absolute Gasteiger partial charge is 0.308 e. The highest BCUT2D eigenvalue weighted by atomic mass is 32.1. The zero-order valence-electron chi connectivity index (χ0n) is 9.97. The van der Waals surface area contributed by atoms with Crippen molar-refractivity contribution in [1.29, 1.82) is 0 Å². The number of hydrogen-bond acceptors (Lipinski definition) is 3. The van der Waals surface area contributed by atoms with Crippen molar-refractivity contribution < 1.29 is 14.7 Å². The number of rotatable bonds is 6. The molecule has 0 aromatic carbocycles. The van der Waals surface area contributed by atoms with E-state index in [1.807, 2.05) is 19.2 Å². The summed E-state index contributed by atoms with van der Waals surface area (Å²) in [7, 11) is 0. The Morgan fingerprint density at radius 1 is 1.47 bits per heavy atom. The number of thiophene rings is 1. The van der Waals surface area contributed by atoms with E-state index in [1.165, 1.54) is 11.3 Å². The van der Waals surface area contributed by atoms with E-state index < -0.39 is 11.9 Å². The SMILES string of the molecule is CC(C)CC(CNC(=O)c1cccs1)C(=O)O. The Labute approximate surface area is 105 Å². The second-order valence-electron chi connectivity index (χ2n) is 4.35. The van der Waals surface area contributed by atoms with E-state index in [0.29, 0.717) is 17.2 Å². The van der Waals surface area contributed by atoms with Crippen molar-refractivity contribution in [2.75, 3.05) is 6.54 Å². The fourth-order valence-electron chi connectivity index (χ4n) is 1.55. The molecule has 1 unspecified atom stereocenters. The Morgan fingerprint density at radius 2 is 2.18 bits per heavy atom. The van der Waals surface area contributed by atoms with Crippen LogP contribution in [0.25, 0.3) is 0 Å². The van der Waals surface area contributed by atoms with Crippen LogP contribution in [0.15, 0.2) is 17.5 Å². The van der Waals surface area contributed by atoms with Crippen molar-refractivity contribution in [3.8, 4) is 0 Å². The van der Waals surface area contributed by atoms with Gasteiger partial charge in [0.1, 0.15) is 0 Å². The Hall–Kier alpha value is -1.36. The molecule has 1 aromatic rings. The van der Waals surface area contributed by atoms with Gasteiger partial charge in [0.15, 0.2) is 0 Å². The molecule has 5 heteroatoms. The summed E-state index contributed by atoms with van der Waals surface area (Å²) in [5, 5.41) is 13.5. The van der Waals surface area contributed by atoms with Gasteiger partial charge in [-0.05, 0) is 23.8 Å². The summed E-state index contributed by atoms with van der Waals surface area (Å²) >= 11 is 1.35. The average molecular weight is 255 g/mol. The molecule has 17 heavy (non-hydrogen) atoms. The van der Waals surface area contributed by atoms with Crippen molar-refractivity contribution in [2.45, 2.75) is 20.3 Å². The van der Waals surface area contributed by atoms with E-state index in [2.05, 4.69) is 5.32 Å². The first-order valence-electron chi connectivity index (χ1n) is 5.55. The number of aliphatic carboxylic acids is 1. The number of carboxylic acid groups (broad SMARTS) is 1. The Bertz CT molecular complexity index is 373. The van der Waals surface area contributed by atoms with Crippen LogP contribution in [0.2, 0.25) is 0 Å². The summed E-state index contributed by atoms with van der Waals surface area (Å²) in [6, 6.07) is 3.51. The van der Waals surface area contributed by atoms with Gasteiger partial charge in [0.25, 0.3) is 5.91 Å². The Kier molecular flexibility index (Phi) is 5.15. The first-order chi connectivity index (χ1) is 8.00. The van der Waals surface area contributed by atoms with Crippen LogP contribution < -0.4 is 5.32 Å². The van der Waals surface area contributed by atoms with Gasteiger partial charge in [0, 0.05) is 6.54 Å². The molecule has 0 aliphatic carbocycles. The van der Waals surface area contributed by atoms with Crippen LogP contribution in [0.5, 0.6) is 0 Å². The van der Waals surface area contributed by atoms with Gasteiger partial charge in [-0.25, -0.2) is 0 Å². The first kappa shape index (κ1) is 13.7. The van der Waals surface area contributed by atoms with Crippen LogP contribution in [0.3, 0.4) is 0 Å². The van der Waals surface area contributed by atoms with Crippen LogP contribution in [-0.2, 0) is 4.79 Å². The lowest BCUT2D eigenvalue weighted by Gasteiger charge is -2.14. The molecule has 0 spiro atoms. The molecule has 0 bridgehead atoms. The molecule has 0 saturated carbocycles. The summed E-state index contributed by atoms with van der Waals surface area (Å²) in [5.74, 6) is -1.27. The molecular formula is C12H17NO3S. The highest BCUT2D eigenvalue weighted by molar-refractivity contribution is 7.12. The van der Waals surface area contributed by atoms with Crippen molar-refractivity contribution in [1.82, 2.24) is 5.32 Å². The Balaban J connectivity index is 2.47. The highest BCUT2D eigenvalue weighted by Gasteiger charge is 2.20. The number of hydrogen-bond donors (Lipinski definition) is 2. The van der Waals surface area contributed by atoms with Gasteiger partial charge < -0.3 is 10.4 Å². The third kappa shape index (κ3) is 4.56. The van der Waals surface area contributed by atoms with Crippen LogP contribution in [0, 0.1) is 11.8 Å². The standard InChI is InChI=1S/C12H17NO3S/c1-8(2)6-9(12(15)16)7-13-11(14)10-4-3-5-17-10/h3-5,8-9H,6-7H2,1-2H3,(H,13,14)(H,15,16). The average Bonchev–Trinajstić information content (AvgIpc) is 2.76. The van der Waals surface area contributed by atoms with E-state index >= 15 is 0 Å². The normalized spacial score (nSPS) is 12.4. The van der Waals surface area contributed by atoms with Crippen molar-refractivity contribution >= 4 is 23.2 Å². The van der Waals surface area contributed by atoms with Gasteiger partial charge in [-0.3, -0.25) is 9.59 Å². The van der Waals surface area contributed by atoms with E-state index in [9.17, 15) is 9.59 Å². The molecule has 1 amide bonds. The second-order valence-corrected chi connectivity index (χ2v) is 5.30. The van der Waals surface area contributed by atoms with Crippen molar-refractivity contribution in [3.63, 3.8) is 0 Å². The van der Waals surface area contributed by atoms with E-state index in [4.69, 9.17) is 5.11 Å². The molecule has 1 atom stereocenters. The maximum Gasteiger partial charge on any atom is 0.308 e. The molecule has 94 valence electrons. The van der Waals surface area contributed by atoms with Gasteiger partial charge in [-0.2, -0.15) is 0 Å². The van der Waals surface area contributed by atoms with Crippen molar-refractivity contribution in [3.05, 3.63) is 22.4 Å². The van der Waals surface area contributed by atoms with E-state index in [0.717, 1.165) is 0 Å². The molecule has 4 nitrogen and oxygen atoms in total. The molecule has 0 radical (unpaired) electrons. The highest BCUT2D eigenvalue weighted by Crippen LogP contribution is 2.12. The van der Waals surface area contributed by atoms with Gasteiger partial charge in [0.05, 0.1) is 10.8 Å². The van der Waals surface area contributed by atoms with Crippen LogP contribution in [-0.4, -0.2) is 23.5 Å². The number of carbonyl (C=O) groups is 2.